The van der Waals surface area contributed by atoms with Crippen LogP contribution in [0.1, 0.15) is 30.0 Å². The SMILES string of the molecule is CNC1CCCc2c(OCC(F)F)cccc21. The van der Waals surface area contributed by atoms with Gasteiger partial charge in [-0.05, 0) is 43.5 Å². The Labute approximate surface area is 100.0 Å². The van der Waals surface area contributed by atoms with Crippen LogP contribution >= 0.6 is 0 Å². The van der Waals surface area contributed by atoms with Crippen LogP contribution in [0.5, 0.6) is 5.75 Å². The summed E-state index contributed by atoms with van der Waals surface area (Å²) in [5.74, 6) is 0.614. The molecule has 17 heavy (non-hydrogen) atoms. The van der Waals surface area contributed by atoms with Gasteiger partial charge < -0.3 is 10.1 Å². The molecule has 0 heterocycles. The number of hydrogen-bond donors (Lipinski definition) is 1. The molecular weight excluding hydrogens is 224 g/mol. The van der Waals surface area contributed by atoms with E-state index in [4.69, 9.17) is 4.74 Å². The van der Waals surface area contributed by atoms with Gasteiger partial charge in [0.1, 0.15) is 12.4 Å². The van der Waals surface area contributed by atoms with E-state index < -0.39 is 13.0 Å². The van der Waals surface area contributed by atoms with Gasteiger partial charge in [0.05, 0.1) is 0 Å². The number of halogens is 2. The summed E-state index contributed by atoms with van der Waals surface area (Å²) in [7, 11) is 1.92. The molecule has 0 aliphatic heterocycles. The second kappa shape index (κ2) is 5.45. The molecule has 0 aromatic heterocycles. The van der Waals surface area contributed by atoms with Crippen molar-refractivity contribution in [1.29, 1.82) is 0 Å². The van der Waals surface area contributed by atoms with Gasteiger partial charge in [-0.2, -0.15) is 0 Å². The summed E-state index contributed by atoms with van der Waals surface area (Å²) in [6.07, 6.45) is 0.636. The average molecular weight is 241 g/mol. The molecule has 0 spiro atoms. The molecule has 0 bridgehead atoms. The topological polar surface area (TPSA) is 21.3 Å². The Morgan fingerprint density at radius 1 is 1.47 bits per heavy atom. The highest BCUT2D eigenvalue weighted by Crippen LogP contribution is 2.35. The Morgan fingerprint density at radius 2 is 2.29 bits per heavy atom. The molecule has 4 heteroatoms. The van der Waals surface area contributed by atoms with Crippen molar-refractivity contribution in [2.24, 2.45) is 0 Å². The number of alkyl halides is 2. The lowest BCUT2D eigenvalue weighted by Gasteiger charge is -2.26. The van der Waals surface area contributed by atoms with E-state index in [1.54, 1.807) is 6.07 Å². The Kier molecular flexibility index (Phi) is 3.94. The van der Waals surface area contributed by atoms with Crippen LogP contribution in [0.25, 0.3) is 0 Å². The van der Waals surface area contributed by atoms with Crippen molar-refractivity contribution in [3.8, 4) is 5.75 Å². The Hall–Kier alpha value is -1.16. The van der Waals surface area contributed by atoms with Gasteiger partial charge in [0.25, 0.3) is 6.43 Å². The molecular formula is C13H17F2NO. The second-order valence-corrected chi connectivity index (χ2v) is 4.26. The normalized spacial score (nSPS) is 19.2. The van der Waals surface area contributed by atoms with Gasteiger partial charge in [0.2, 0.25) is 0 Å². The molecule has 1 aliphatic rings. The first-order chi connectivity index (χ1) is 8.22. The van der Waals surface area contributed by atoms with Crippen molar-refractivity contribution in [3.63, 3.8) is 0 Å². The summed E-state index contributed by atoms with van der Waals surface area (Å²) < 4.78 is 29.5. The van der Waals surface area contributed by atoms with Gasteiger partial charge in [-0.15, -0.1) is 0 Å². The van der Waals surface area contributed by atoms with Crippen molar-refractivity contribution < 1.29 is 13.5 Å². The fourth-order valence-corrected chi connectivity index (χ4v) is 2.40. The van der Waals surface area contributed by atoms with E-state index >= 15 is 0 Å². The van der Waals surface area contributed by atoms with Gasteiger partial charge in [-0.3, -0.25) is 0 Å². The van der Waals surface area contributed by atoms with Crippen molar-refractivity contribution >= 4 is 0 Å². The second-order valence-electron chi connectivity index (χ2n) is 4.26. The van der Waals surface area contributed by atoms with Gasteiger partial charge in [-0.25, -0.2) is 8.78 Å². The first kappa shape index (κ1) is 12.3. The standard InChI is InChI=1S/C13H17F2NO/c1-16-11-6-2-5-10-9(11)4-3-7-12(10)17-8-13(14)15/h3-4,7,11,13,16H,2,5-6,8H2,1H3. The van der Waals surface area contributed by atoms with Crippen LogP contribution < -0.4 is 10.1 Å². The summed E-state index contributed by atoms with van der Waals surface area (Å²) in [5, 5.41) is 3.25. The summed E-state index contributed by atoms with van der Waals surface area (Å²) in [5.41, 5.74) is 2.27. The number of nitrogens with one attached hydrogen (secondary N) is 1. The Balaban J connectivity index is 2.23. The first-order valence-electron chi connectivity index (χ1n) is 5.92. The molecule has 0 fully saturated rings. The van der Waals surface area contributed by atoms with Crippen LogP contribution in [-0.2, 0) is 6.42 Å². The quantitative estimate of drug-likeness (QED) is 0.875. The molecule has 2 rings (SSSR count). The third kappa shape index (κ3) is 2.75. The van der Waals surface area contributed by atoms with Gasteiger partial charge in [0.15, 0.2) is 0 Å². The molecule has 2 nitrogen and oxygen atoms in total. The minimum absolute atomic E-state index is 0.314. The zero-order valence-electron chi connectivity index (χ0n) is 9.88. The number of hydrogen-bond acceptors (Lipinski definition) is 2. The minimum atomic E-state index is -2.42. The highest BCUT2D eigenvalue weighted by Gasteiger charge is 2.21. The monoisotopic (exact) mass is 241 g/mol. The van der Waals surface area contributed by atoms with E-state index in [-0.39, 0.29) is 0 Å². The zero-order chi connectivity index (χ0) is 12.3. The van der Waals surface area contributed by atoms with E-state index in [1.807, 2.05) is 19.2 Å². The van der Waals surface area contributed by atoms with Crippen LogP contribution in [0.4, 0.5) is 8.78 Å². The predicted molar refractivity (Wildman–Crippen MR) is 62.7 cm³/mol. The Bertz CT molecular complexity index is 382. The van der Waals surface area contributed by atoms with Crippen LogP contribution in [0.15, 0.2) is 18.2 Å². The lowest BCUT2D eigenvalue weighted by Crippen LogP contribution is -2.22. The maximum Gasteiger partial charge on any atom is 0.272 e. The largest absolute Gasteiger partial charge is 0.487 e. The number of benzene rings is 1. The summed E-state index contributed by atoms with van der Waals surface area (Å²) >= 11 is 0. The maximum atomic E-state index is 12.2. The van der Waals surface area contributed by atoms with Crippen LogP contribution in [0.2, 0.25) is 0 Å². The summed E-state index contributed by atoms with van der Waals surface area (Å²) in [4.78, 5) is 0. The molecule has 1 unspecified atom stereocenters. The fraction of sp³-hybridized carbons (Fsp3) is 0.538. The average Bonchev–Trinajstić information content (AvgIpc) is 2.35. The first-order valence-corrected chi connectivity index (χ1v) is 5.92. The third-order valence-electron chi connectivity index (χ3n) is 3.18. The van der Waals surface area contributed by atoms with Crippen molar-refractivity contribution in [2.45, 2.75) is 31.7 Å². The molecule has 0 saturated heterocycles. The fourth-order valence-electron chi connectivity index (χ4n) is 2.40. The molecule has 0 saturated carbocycles. The van der Waals surface area contributed by atoms with E-state index in [2.05, 4.69) is 5.32 Å². The number of fused-ring (bicyclic) bond motifs is 1. The minimum Gasteiger partial charge on any atom is -0.487 e. The van der Waals surface area contributed by atoms with Crippen molar-refractivity contribution in [3.05, 3.63) is 29.3 Å². The van der Waals surface area contributed by atoms with E-state index in [0.717, 1.165) is 24.8 Å². The van der Waals surface area contributed by atoms with Crippen LogP contribution in [0.3, 0.4) is 0 Å². The van der Waals surface area contributed by atoms with Crippen molar-refractivity contribution in [2.75, 3.05) is 13.7 Å². The number of ether oxygens (including phenoxy) is 1. The van der Waals surface area contributed by atoms with Gasteiger partial charge in [-0.1, -0.05) is 12.1 Å². The third-order valence-corrected chi connectivity index (χ3v) is 3.18. The molecule has 1 aromatic rings. The van der Waals surface area contributed by atoms with E-state index in [0.29, 0.717) is 11.8 Å². The number of rotatable bonds is 4. The van der Waals surface area contributed by atoms with E-state index in [9.17, 15) is 8.78 Å². The highest BCUT2D eigenvalue weighted by molar-refractivity contribution is 5.43. The molecule has 94 valence electrons. The zero-order valence-corrected chi connectivity index (χ0v) is 9.88. The molecule has 0 radical (unpaired) electrons. The lowest BCUT2D eigenvalue weighted by molar-refractivity contribution is 0.0812. The van der Waals surface area contributed by atoms with Gasteiger partial charge in [0, 0.05) is 6.04 Å². The van der Waals surface area contributed by atoms with Crippen LogP contribution in [0, 0.1) is 0 Å². The summed E-state index contributed by atoms with van der Waals surface area (Å²) in [6, 6.07) is 6.01. The molecule has 1 N–H and O–H groups in total. The Morgan fingerprint density at radius 3 is 3.00 bits per heavy atom. The summed E-state index contributed by atoms with van der Waals surface area (Å²) in [6.45, 7) is -0.527. The van der Waals surface area contributed by atoms with E-state index in [1.165, 1.54) is 5.56 Å². The molecule has 0 amide bonds. The molecule has 1 aliphatic carbocycles. The molecule has 1 aromatic carbocycles. The van der Waals surface area contributed by atoms with Crippen molar-refractivity contribution in [1.82, 2.24) is 5.32 Å². The molecule has 1 atom stereocenters. The lowest BCUT2D eigenvalue weighted by atomic mass is 9.87. The highest BCUT2D eigenvalue weighted by atomic mass is 19.3. The van der Waals surface area contributed by atoms with Gasteiger partial charge >= 0.3 is 0 Å². The van der Waals surface area contributed by atoms with Crippen LogP contribution in [-0.4, -0.2) is 20.1 Å². The predicted octanol–water partition coefficient (Wildman–Crippen LogP) is 2.93. The smallest absolute Gasteiger partial charge is 0.272 e. The maximum absolute atomic E-state index is 12.2.